The third-order valence-electron chi connectivity index (χ3n) is 0.951. The van der Waals surface area contributed by atoms with Crippen molar-refractivity contribution in [2.45, 2.75) is 19.4 Å². The standard InChI is InChI=1S/C6H13NO3/c1-2-10-4-5(8)3-6(7)9/h5,8H,2-4H2,1H3,(H2,7,9). The molecule has 10 heavy (non-hydrogen) atoms. The molecule has 4 nitrogen and oxygen atoms in total. The van der Waals surface area contributed by atoms with E-state index in [4.69, 9.17) is 15.6 Å². The first-order chi connectivity index (χ1) is 4.66. The number of carbonyl (C=O) groups excluding carboxylic acids is 1. The number of carbonyl (C=O) groups is 1. The first-order valence-corrected chi connectivity index (χ1v) is 3.21. The molecule has 0 spiro atoms. The summed E-state index contributed by atoms with van der Waals surface area (Å²) >= 11 is 0. The molecular formula is C6H13NO3. The van der Waals surface area contributed by atoms with Crippen molar-refractivity contribution in [3.05, 3.63) is 0 Å². The smallest absolute Gasteiger partial charge is 0.220 e. The largest absolute Gasteiger partial charge is 0.390 e. The molecule has 1 atom stereocenters. The summed E-state index contributed by atoms with van der Waals surface area (Å²) in [5.41, 5.74) is 4.81. The number of nitrogens with two attached hydrogens (primary N) is 1. The number of hydrogen-bond donors (Lipinski definition) is 2. The highest BCUT2D eigenvalue weighted by Gasteiger charge is 2.06. The van der Waals surface area contributed by atoms with Crippen molar-refractivity contribution in [1.29, 1.82) is 0 Å². The van der Waals surface area contributed by atoms with Crippen molar-refractivity contribution in [1.82, 2.24) is 0 Å². The molecule has 0 aliphatic carbocycles. The zero-order valence-corrected chi connectivity index (χ0v) is 6.04. The molecule has 1 amide bonds. The Bertz CT molecular complexity index is 105. The lowest BCUT2D eigenvalue weighted by atomic mass is 10.2. The van der Waals surface area contributed by atoms with Crippen molar-refractivity contribution in [2.24, 2.45) is 5.73 Å². The summed E-state index contributed by atoms with van der Waals surface area (Å²) in [5.74, 6) is -0.507. The van der Waals surface area contributed by atoms with E-state index in [9.17, 15) is 4.79 Å². The minimum Gasteiger partial charge on any atom is -0.390 e. The van der Waals surface area contributed by atoms with Crippen LogP contribution in [-0.2, 0) is 9.53 Å². The van der Waals surface area contributed by atoms with Crippen LogP contribution in [0.5, 0.6) is 0 Å². The normalized spacial score (nSPS) is 13.0. The molecule has 0 radical (unpaired) electrons. The van der Waals surface area contributed by atoms with Crippen molar-refractivity contribution in [3.8, 4) is 0 Å². The van der Waals surface area contributed by atoms with E-state index in [-0.39, 0.29) is 13.0 Å². The number of ether oxygens (including phenoxy) is 1. The highest BCUT2D eigenvalue weighted by Crippen LogP contribution is 1.90. The van der Waals surface area contributed by atoms with Crippen LogP contribution < -0.4 is 5.73 Å². The quantitative estimate of drug-likeness (QED) is 0.538. The van der Waals surface area contributed by atoms with Crippen molar-refractivity contribution >= 4 is 5.91 Å². The highest BCUT2D eigenvalue weighted by molar-refractivity contribution is 5.74. The zero-order valence-electron chi connectivity index (χ0n) is 6.04. The minimum absolute atomic E-state index is 0.0278. The van der Waals surface area contributed by atoms with E-state index in [1.165, 1.54) is 0 Å². The van der Waals surface area contributed by atoms with Gasteiger partial charge in [-0.25, -0.2) is 0 Å². The lowest BCUT2D eigenvalue weighted by Gasteiger charge is -2.06. The second kappa shape index (κ2) is 5.20. The Morgan fingerprint density at radius 2 is 2.40 bits per heavy atom. The molecule has 4 heteroatoms. The second-order valence-corrected chi connectivity index (χ2v) is 1.98. The maximum absolute atomic E-state index is 10.2. The maximum Gasteiger partial charge on any atom is 0.220 e. The van der Waals surface area contributed by atoms with Gasteiger partial charge < -0.3 is 15.6 Å². The van der Waals surface area contributed by atoms with Crippen LogP contribution >= 0.6 is 0 Å². The molecule has 0 fully saturated rings. The number of aliphatic hydroxyl groups excluding tert-OH is 1. The predicted molar refractivity (Wildman–Crippen MR) is 36.3 cm³/mol. The van der Waals surface area contributed by atoms with Gasteiger partial charge in [0.25, 0.3) is 0 Å². The van der Waals surface area contributed by atoms with Crippen LogP contribution in [0.1, 0.15) is 13.3 Å². The number of aliphatic hydroxyl groups is 1. The van der Waals surface area contributed by atoms with Crippen molar-refractivity contribution < 1.29 is 14.6 Å². The van der Waals surface area contributed by atoms with Gasteiger partial charge in [0.2, 0.25) is 5.91 Å². The van der Waals surface area contributed by atoms with Crippen LogP contribution in [0, 0.1) is 0 Å². The van der Waals surface area contributed by atoms with Crippen LogP contribution in [0.15, 0.2) is 0 Å². The predicted octanol–water partition coefficient (Wildman–Crippen LogP) is -0.741. The molecule has 0 aromatic rings. The van der Waals surface area contributed by atoms with Crippen molar-refractivity contribution in [3.63, 3.8) is 0 Å². The molecule has 0 saturated carbocycles. The molecule has 0 aromatic heterocycles. The number of rotatable bonds is 5. The summed E-state index contributed by atoms with van der Waals surface area (Å²) < 4.78 is 4.84. The summed E-state index contributed by atoms with van der Waals surface area (Å²) in [4.78, 5) is 10.2. The minimum atomic E-state index is -0.752. The Morgan fingerprint density at radius 1 is 1.80 bits per heavy atom. The van der Waals surface area contributed by atoms with Gasteiger partial charge >= 0.3 is 0 Å². The lowest BCUT2D eigenvalue weighted by molar-refractivity contribution is -0.120. The monoisotopic (exact) mass is 147 g/mol. The van der Waals surface area contributed by atoms with E-state index >= 15 is 0 Å². The first kappa shape index (κ1) is 9.39. The van der Waals surface area contributed by atoms with E-state index < -0.39 is 12.0 Å². The SMILES string of the molecule is CCOCC(O)CC(N)=O. The summed E-state index contributed by atoms with van der Waals surface area (Å²) in [5, 5.41) is 8.92. The Hall–Kier alpha value is -0.610. The maximum atomic E-state index is 10.2. The summed E-state index contributed by atoms with van der Waals surface area (Å²) in [6.07, 6.45) is -0.780. The Morgan fingerprint density at radius 3 is 2.80 bits per heavy atom. The lowest BCUT2D eigenvalue weighted by Crippen LogP contribution is -2.23. The third kappa shape index (κ3) is 5.53. The summed E-state index contributed by atoms with van der Waals surface area (Å²) in [6.45, 7) is 2.53. The fraction of sp³-hybridized carbons (Fsp3) is 0.833. The fourth-order valence-electron chi connectivity index (χ4n) is 0.545. The van der Waals surface area contributed by atoms with Gasteiger partial charge in [0.1, 0.15) is 0 Å². The van der Waals surface area contributed by atoms with E-state index in [0.717, 1.165) is 0 Å². The number of primary amides is 1. The molecule has 0 aliphatic heterocycles. The molecule has 3 N–H and O–H groups in total. The van der Waals surface area contributed by atoms with Gasteiger partial charge in [-0.1, -0.05) is 0 Å². The van der Waals surface area contributed by atoms with Gasteiger partial charge in [-0.2, -0.15) is 0 Å². The molecule has 0 aliphatic rings. The van der Waals surface area contributed by atoms with Gasteiger partial charge in [0.15, 0.2) is 0 Å². The summed E-state index contributed by atoms with van der Waals surface area (Å²) in [6, 6.07) is 0. The number of amides is 1. The Balaban J connectivity index is 3.25. The van der Waals surface area contributed by atoms with Crippen LogP contribution in [0.4, 0.5) is 0 Å². The number of hydrogen-bond acceptors (Lipinski definition) is 3. The van der Waals surface area contributed by atoms with Gasteiger partial charge in [0, 0.05) is 6.61 Å². The second-order valence-electron chi connectivity index (χ2n) is 1.98. The van der Waals surface area contributed by atoms with Gasteiger partial charge in [-0.05, 0) is 6.92 Å². The molecular weight excluding hydrogens is 134 g/mol. The average molecular weight is 147 g/mol. The highest BCUT2D eigenvalue weighted by atomic mass is 16.5. The van der Waals surface area contributed by atoms with E-state index in [1.54, 1.807) is 0 Å². The molecule has 1 unspecified atom stereocenters. The Labute approximate surface area is 60.0 Å². The molecule has 0 bridgehead atoms. The van der Waals surface area contributed by atoms with Crippen LogP contribution in [0.2, 0.25) is 0 Å². The van der Waals surface area contributed by atoms with Crippen LogP contribution in [-0.4, -0.2) is 30.3 Å². The van der Waals surface area contributed by atoms with Crippen LogP contribution in [0.3, 0.4) is 0 Å². The molecule has 0 rings (SSSR count). The molecule has 0 heterocycles. The average Bonchev–Trinajstić information content (AvgIpc) is 1.82. The van der Waals surface area contributed by atoms with Crippen molar-refractivity contribution in [2.75, 3.05) is 13.2 Å². The molecule has 0 saturated heterocycles. The van der Waals surface area contributed by atoms with Gasteiger partial charge in [0.05, 0.1) is 19.1 Å². The zero-order chi connectivity index (χ0) is 7.98. The van der Waals surface area contributed by atoms with Crippen LogP contribution in [0.25, 0.3) is 0 Å². The molecule has 60 valence electrons. The van der Waals surface area contributed by atoms with Gasteiger partial charge in [-0.15, -0.1) is 0 Å². The Kier molecular flexibility index (Phi) is 4.88. The third-order valence-corrected chi connectivity index (χ3v) is 0.951. The summed E-state index contributed by atoms with van der Waals surface area (Å²) in [7, 11) is 0. The van der Waals surface area contributed by atoms with E-state index in [2.05, 4.69) is 0 Å². The fourth-order valence-corrected chi connectivity index (χ4v) is 0.545. The molecule has 0 aromatic carbocycles. The van der Waals surface area contributed by atoms with Gasteiger partial charge in [-0.3, -0.25) is 4.79 Å². The topological polar surface area (TPSA) is 72.6 Å². The first-order valence-electron chi connectivity index (χ1n) is 3.21. The van der Waals surface area contributed by atoms with E-state index in [0.29, 0.717) is 6.61 Å². The van der Waals surface area contributed by atoms with E-state index in [1.807, 2.05) is 6.92 Å².